The SMILES string of the molecule is Cc1cc(F)ccc1S(=O)(=O)NCCCC(N)=S. The molecule has 0 aliphatic rings. The number of halogens is 1. The maximum Gasteiger partial charge on any atom is 0.240 e. The van der Waals surface area contributed by atoms with Crippen molar-refractivity contribution in [2.45, 2.75) is 24.7 Å². The molecule has 0 aromatic heterocycles. The Bertz CT molecular complexity index is 544. The molecule has 0 aliphatic carbocycles. The van der Waals surface area contributed by atoms with Gasteiger partial charge in [-0.15, -0.1) is 0 Å². The molecule has 0 aliphatic heterocycles. The first-order valence-corrected chi connectivity index (χ1v) is 7.26. The number of aryl methyl sites for hydroxylation is 1. The van der Waals surface area contributed by atoms with Crippen LogP contribution >= 0.6 is 12.2 Å². The minimum atomic E-state index is -3.61. The van der Waals surface area contributed by atoms with E-state index in [-0.39, 0.29) is 11.4 Å². The zero-order valence-corrected chi connectivity index (χ0v) is 11.6. The Morgan fingerprint density at radius 1 is 1.50 bits per heavy atom. The number of sulfonamides is 1. The van der Waals surface area contributed by atoms with E-state index in [0.29, 0.717) is 23.4 Å². The van der Waals surface area contributed by atoms with E-state index in [9.17, 15) is 12.8 Å². The molecule has 0 saturated heterocycles. The summed E-state index contributed by atoms with van der Waals surface area (Å²) in [5.41, 5.74) is 5.68. The number of nitrogens with one attached hydrogen (secondary N) is 1. The molecule has 3 N–H and O–H groups in total. The monoisotopic (exact) mass is 290 g/mol. The van der Waals surface area contributed by atoms with Crippen molar-refractivity contribution in [3.05, 3.63) is 29.6 Å². The Labute approximate surface area is 111 Å². The van der Waals surface area contributed by atoms with Crippen LogP contribution in [0.1, 0.15) is 18.4 Å². The lowest BCUT2D eigenvalue weighted by Crippen LogP contribution is -2.26. The highest BCUT2D eigenvalue weighted by atomic mass is 32.2. The molecule has 0 atom stereocenters. The van der Waals surface area contributed by atoms with E-state index in [0.717, 1.165) is 6.07 Å². The third-order valence-electron chi connectivity index (χ3n) is 2.32. The molecule has 1 aromatic carbocycles. The summed E-state index contributed by atoms with van der Waals surface area (Å²) in [4.78, 5) is 0.436. The fraction of sp³-hybridized carbons (Fsp3) is 0.364. The van der Waals surface area contributed by atoms with E-state index in [4.69, 9.17) is 5.73 Å². The summed E-state index contributed by atoms with van der Waals surface area (Å²) in [5, 5.41) is 0. The molecule has 1 rings (SSSR count). The summed E-state index contributed by atoms with van der Waals surface area (Å²) in [7, 11) is -3.61. The van der Waals surface area contributed by atoms with Crippen molar-refractivity contribution in [3.63, 3.8) is 0 Å². The highest BCUT2D eigenvalue weighted by Gasteiger charge is 2.16. The summed E-state index contributed by atoms with van der Waals surface area (Å²) in [6, 6.07) is 3.56. The second-order valence-corrected chi connectivity index (χ2v) is 6.14. The summed E-state index contributed by atoms with van der Waals surface area (Å²) >= 11 is 4.69. The van der Waals surface area contributed by atoms with Crippen molar-refractivity contribution >= 4 is 27.2 Å². The zero-order chi connectivity index (χ0) is 13.8. The molecule has 1 aromatic rings. The summed E-state index contributed by atoms with van der Waals surface area (Å²) in [6.07, 6.45) is 1.02. The maximum absolute atomic E-state index is 12.9. The van der Waals surface area contributed by atoms with Crippen molar-refractivity contribution < 1.29 is 12.8 Å². The van der Waals surface area contributed by atoms with Gasteiger partial charge in [0.05, 0.1) is 9.88 Å². The van der Waals surface area contributed by atoms with Crippen LogP contribution in [0.25, 0.3) is 0 Å². The topological polar surface area (TPSA) is 72.2 Å². The van der Waals surface area contributed by atoms with Gasteiger partial charge in [-0.3, -0.25) is 0 Å². The third kappa shape index (κ3) is 4.32. The first-order valence-electron chi connectivity index (χ1n) is 5.37. The molecular formula is C11H15FN2O2S2. The van der Waals surface area contributed by atoms with Crippen molar-refractivity contribution in [2.24, 2.45) is 5.73 Å². The lowest BCUT2D eigenvalue weighted by atomic mass is 10.2. The lowest BCUT2D eigenvalue weighted by molar-refractivity contribution is 0.578. The molecular weight excluding hydrogens is 275 g/mol. The van der Waals surface area contributed by atoms with Crippen LogP contribution in [0.15, 0.2) is 23.1 Å². The van der Waals surface area contributed by atoms with Crippen molar-refractivity contribution in [1.82, 2.24) is 4.72 Å². The summed E-state index contributed by atoms with van der Waals surface area (Å²) in [5.74, 6) is -0.458. The molecule has 7 heteroatoms. The zero-order valence-electron chi connectivity index (χ0n) is 9.94. The Hall–Kier alpha value is -1.05. The predicted molar refractivity (Wildman–Crippen MR) is 72.3 cm³/mol. The quantitative estimate of drug-likeness (QED) is 0.615. The van der Waals surface area contributed by atoms with Crippen LogP contribution in [0.5, 0.6) is 0 Å². The van der Waals surface area contributed by atoms with Crippen LogP contribution in [-0.2, 0) is 10.0 Å². The van der Waals surface area contributed by atoms with Gasteiger partial charge in [-0.05, 0) is 43.5 Å². The van der Waals surface area contributed by atoms with Crippen LogP contribution in [0.4, 0.5) is 4.39 Å². The molecule has 0 bridgehead atoms. The normalized spacial score (nSPS) is 11.4. The molecule has 4 nitrogen and oxygen atoms in total. The Balaban J connectivity index is 2.71. The second kappa shape index (κ2) is 6.21. The molecule has 0 spiro atoms. The highest BCUT2D eigenvalue weighted by Crippen LogP contribution is 2.15. The van der Waals surface area contributed by atoms with E-state index in [1.54, 1.807) is 6.92 Å². The van der Waals surface area contributed by atoms with Gasteiger partial charge in [0.25, 0.3) is 0 Å². The van der Waals surface area contributed by atoms with E-state index in [1.165, 1.54) is 12.1 Å². The number of hydrogen-bond donors (Lipinski definition) is 2. The van der Waals surface area contributed by atoms with Crippen LogP contribution in [-0.4, -0.2) is 20.0 Å². The molecule has 0 radical (unpaired) electrons. The van der Waals surface area contributed by atoms with Crippen molar-refractivity contribution in [3.8, 4) is 0 Å². The van der Waals surface area contributed by atoms with Crippen LogP contribution in [0, 0.1) is 12.7 Å². The number of nitrogens with two attached hydrogens (primary N) is 1. The first-order chi connectivity index (χ1) is 8.33. The highest BCUT2D eigenvalue weighted by molar-refractivity contribution is 7.89. The van der Waals surface area contributed by atoms with Gasteiger partial charge in [0.1, 0.15) is 5.82 Å². The standard InChI is InChI=1S/C11H15FN2O2S2/c1-8-7-9(12)4-5-10(8)18(15,16)14-6-2-3-11(13)17/h4-5,7,14H,2-3,6H2,1H3,(H2,13,17). The van der Waals surface area contributed by atoms with Crippen LogP contribution in [0.3, 0.4) is 0 Å². The summed E-state index contributed by atoms with van der Waals surface area (Å²) < 4.78 is 39.1. The van der Waals surface area contributed by atoms with E-state index >= 15 is 0 Å². The number of benzene rings is 1. The van der Waals surface area contributed by atoms with Crippen LogP contribution in [0.2, 0.25) is 0 Å². The maximum atomic E-state index is 12.9. The minimum Gasteiger partial charge on any atom is -0.393 e. The molecule has 0 saturated carbocycles. The molecule has 18 heavy (non-hydrogen) atoms. The average Bonchev–Trinajstić information content (AvgIpc) is 2.23. The number of thiocarbonyl (C=S) groups is 1. The molecule has 0 fully saturated rings. The predicted octanol–water partition coefficient (Wildman–Crippen LogP) is 1.48. The fourth-order valence-electron chi connectivity index (χ4n) is 1.46. The van der Waals surface area contributed by atoms with E-state index in [2.05, 4.69) is 16.9 Å². The van der Waals surface area contributed by atoms with Gasteiger partial charge in [-0.2, -0.15) is 0 Å². The smallest absolute Gasteiger partial charge is 0.240 e. The summed E-state index contributed by atoms with van der Waals surface area (Å²) in [6.45, 7) is 1.79. The van der Waals surface area contributed by atoms with Crippen molar-refractivity contribution in [1.29, 1.82) is 0 Å². The Morgan fingerprint density at radius 2 is 2.17 bits per heavy atom. The second-order valence-electron chi connectivity index (χ2n) is 3.88. The molecule has 0 amide bonds. The largest absolute Gasteiger partial charge is 0.393 e. The van der Waals surface area contributed by atoms with Gasteiger partial charge in [0.2, 0.25) is 10.0 Å². The van der Waals surface area contributed by atoms with Gasteiger partial charge in [-0.25, -0.2) is 17.5 Å². The van der Waals surface area contributed by atoms with Crippen LogP contribution < -0.4 is 10.5 Å². The molecule has 0 unspecified atom stereocenters. The van der Waals surface area contributed by atoms with Gasteiger partial charge < -0.3 is 5.73 Å². The molecule has 0 heterocycles. The van der Waals surface area contributed by atoms with Gasteiger partial charge in [0, 0.05) is 6.54 Å². The van der Waals surface area contributed by atoms with E-state index < -0.39 is 15.8 Å². The van der Waals surface area contributed by atoms with Crippen molar-refractivity contribution in [2.75, 3.05) is 6.54 Å². The van der Waals surface area contributed by atoms with E-state index in [1.807, 2.05) is 0 Å². The average molecular weight is 290 g/mol. The Kier molecular flexibility index (Phi) is 5.18. The van der Waals surface area contributed by atoms with Gasteiger partial charge in [0.15, 0.2) is 0 Å². The third-order valence-corrected chi connectivity index (χ3v) is 4.14. The Morgan fingerprint density at radius 3 is 2.72 bits per heavy atom. The van der Waals surface area contributed by atoms with Gasteiger partial charge in [-0.1, -0.05) is 12.2 Å². The molecule has 100 valence electrons. The lowest BCUT2D eigenvalue weighted by Gasteiger charge is -2.09. The van der Waals surface area contributed by atoms with Gasteiger partial charge >= 0.3 is 0 Å². The first kappa shape index (κ1) is 15.0. The fourth-order valence-corrected chi connectivity index (χ4v) is 2.90. The number of hydrogen-bond acceptors (Lipinski definition) is 3. The minimum absolute atomic E-state index is 0.0826. The number of rotatable bonds is 6.